The predicted octanol–water partition coefficient (Wildman–Crippen LogP) is 2.01. The molecule has 2 aliphatic rings. The molecule has 4 nitrogen and oxygen atoms in total. The molecule has 0 saturated heterocycles. The standard InChI is InChI=1S/C14H19N3O/c18-14(17-12-6-7-12)16-9-11-4-1-3-10-5-2-8-15-13(10)11/h1,3-4,12,15H,2,5-9H2,(H2,16,17,18). The van der Waals surface area contributed by atoms with Crippen molar-refractivity contribution in [2.45, 2.75) is 38.3 Å². The highest BCUT2D eigenvalue weighted by molar-refractivity contribution is 5.75. The van der Waals surface area contributed by atoms with Crippen molar-refractivity contribution in [2.75, 3.05) is 11.9 Å². The second-order valence-electron chi connectivity index (χ2n) is 5.08. The summed E-state index contributed by atoms with van der Waals surface area (Å²) in [4.78, 5) is 11.6. The maximum Gasteiger partial charge on any atom is 0.315 e. The Bertz CT molecular complexity index is 454. The van der Waals surface area contributed by atoms with Gasteiger partial charge in [0, 0.05) is 24.8 Å². The lowest BCUT2D eigenvalue weighted by atomic mass is 9.99. The Morgan fingerprint density at radius 2 is 2.28 bits per heavy atom. The van der Waals surface area contributed by atoms with Crippen LogP contribution in [0.15, 0.2) is 18.2 Å². The minimum absolute atomic E-state index is 0.0501. The number of fused-ring (bicyclic) bond motifs is 1. The van der Waals surface area contributed by atoms with Crippen LogP contribution in [0.1, 0.15) is 30.4 Å². The van der Waals surface area contributed by atoms with Crippen molar-refractivity contribution in [3.05, 3.63) is 29.3 Å². The zero-order valence-electron chi connectivity index (χ0n) is 10.5. The van der Waals surface area contributed by atoms with Gasteiger partial charge in [-0.1, -0.05) is 18.2 Å². The van der Waals surface area contributed by atoms with E-state index < -0.39 is 0 Å². The number of benzene rings is 1. The SMILES string of the molecule is O=C(NCc1cccc2c1NCCC2)NC1CC1. The summed E-state index contributed by atoms with van der Waals surface area (Å²) in [5.41, 5.74) is 3.76. The van der Waals surface area contributed by atoms with E-state index in [4.69, 9.17) is 0 Å². The van der Waals surface area contributed by atoms with Crippen molar-refractivity contribution in [2.24, 2.45) is 0 Å². The van der Waals surface area contributed by atoms with Crippen molar-refractivity contribution in [3.63, 3.8) is 0 Å². The molecule has 96 valence electrons. The summed E-state index contributed by atoms with van der Waals surface area (Å²) in [6, 6.07) is 6.67. The molecule has 18 heavy (non-hydrogen) atoms. The summed E-state index contributed by atoms with van der Waals surface area (Å²) < 4.78 is 0. The Morgan fingerprint density at radius 3 is 3.11 bits per heavy atom. The van der Waals surface area contributed by atoms with Crippen molar-refractivity contribution in [3.8, 4) is 0 Å². The third kappa shape index (κ3) is 2.58. The van der Waals surface area contributed by atoms with E-state index in [1.54, 1.807) is 0 Å². The molecule has 0 spiro atoms. The quantitative estimate of drug-likeness (QED) is 0.763. The number of para-hydroxylation sites is 1. The Labute approximate surface area is 107 Å². The fraction of sp³-hybridized carbons (Fsp3) is 0.500. The monoisotopic (exact) mass is 245 g/mol. The molecule has 0 radical (unpaired) electrons. The number of carbonyl (C=O) groups excluding carboxylic acids is 1. The first-order valence-corrected chi connectivity index (χ1v) is 6.72. The number of rotatable bonds is 3. The second-order valence-corrected chi connectivity index (χ2v) is 5.08. The van der Waals surface area contributed by atoms with Crippen LogP contribution >= 0.6 is 0 Å². The van der Waals surface area contributed by atoms with Gasteiger partial charge in [0.1, 0.15) is 0 Å². The third-order valence-electron chi connectivity index (χ3n) is 3.51. The molecule has 2 amide bonds. The Kier molecular flexibility index (Phi) is 3.09. The van der Waals surface area contributed by atoms with Gasteiger partial charge in [-0.15, -0.1) is 0 Å². The number of aryl methyl sites for hydroxylation is 1. The molecule has 1 aromatic carbocycles. The van der Waals surface area contributed by atoms with Gasteiger partial charge in [-0.05, 0) is 36.8 Å². The summed E-state index contributed by atoms with van der Waals surface area (Å²) in [7, 11) is 0. The van der Waals surface area contributed by atoms with E-state index in [1.165, 1.54) is 23.2 Å². The Morgan fingerprint density at radius 1 is 1.39 bits per heavy atom. The zero-order chi connectivity index (χ0) is 12.4. The topological polar surface area (TPSA) is 53.2 Å². The first-order valence-electron chi connectivity index (χ1n) is 6.72. The highest BCUT2D eigenvalue weighted by Crippen LogP contribution is 2.25. The van der Waals surface area contributed by atoms with E-state index in [0.29, 0.717) is 12.6 Å². The molecule has 1 fully saturated rings. The summed E-state index contributed by atoms with van der Waals surface area (Å²) in [5.74, 6) is 0. The smallest absolute Gasteiger partial charge is 0.315 e. The number of nitrogens with one attached hydrogen (secondary N) is 3. The molecular formula is C14H19N3O. The van der Waals surface area contributed by atoms with Crippen LogP contribution < -0.4 is 16.0 Å². The number of hydrogen-bond acceptors (Lipinski definition) is 2. The lowest BCUT2D eigenvalue weighted by Gasteiger charge is -2.21. The lowest BCUT2D eigenvalue weighted by Crippen LogP contribution is -2.36. The average Bonchev–Trinajstić information content (AvgIpc) is 3.20. The van der Waals surface area contributed by atoms with Gasteiger partial charge < -0.3 is 16.0 Å². The van der Waals surface area contributed by atoms with Gasteiger partial charge in [0.15, 0.2) is 0 Å². The van der Waals surface area contributed by atoms with Crippen LogP contribution in [0.4, 0.5) is 10.5 Å². The van der Waals surface area contributed by atoms with Crippen molar-refractivity contribution in [1.29, 1.82) is 0 Å². The van der Waals surface area contributed by atoms with Crippen LogP contribution in [-0.2, 0) is 13.0 Å². The van der Waals surface area contributed by atoms with Crippen LogP contribution in [0.25, 0.3) is 0 Å². The van der Waals surface area contributed by atoms with Crippen molar-refractivity contribution in [1.82, 2.24) is 10.6 Å². The van der Waals surface area contributed by atoms with Crippen LogP contribution in [0, 0.1) is 0 Å². The zero-order valence-corrected chi connectivity index (χ0v) is 10.5. The molecule has 3 rings (SSSR count). The summed E-state index contributed by atoms with van der Waals surface area (Å²) in [5, 5.41) is 9.30. The van der Waals surface area contributed by atoms with Gasteiger partial charge in [-0.2, -0.15) is 0 Å². The predicted molar refractivity (Wildman–Crippen MR) is 71.6 cm³/mol. The number of hydrogen-bond donors (Lipinski definition) is 3. The molecule has 1 saturated carbocycles. The van der Waals surface area contributed by atoms with Crippen LogP contribution in [0.2, 0.25) is 0 Å². The second kappa shape index (κ2) is 4.88. The molecule has 1 aliphatic carbocycles. The molecule has 1 heterocycles. The van der Waals surface area contributed by atoms with Gasteiger partial charge in [0.2, 0.25) is 0 Å². The third-order valence-corrected chi connectivity index (χ3v) is 3.51. The van der Waals surface area contributed by atoms with E-state index in [-0.39, 0.29) is 6.03 Å². The molecule has 3 N–H and O–H groups in total. The van der Waals surface area contributed by atoms with Gasteiger partial charge in [-0.3, -0.25) is 0 Å². The summed E-state index contributed by atoms with van der Waals surface area (Å²) >= 11 is 0. The Balaban J connectivity index is 1.63. The molecular weight excluding hydrogens is 226 g/mol. The normalized spacial score (nSPS) is 17.6. The largest absolute Gasteiger partial charge is 0.385 e. The number of amides is 2. The molecule has 0 atom stereocenters. The maximum atomic E-state index is 11.6. The van der Waals surface area contributed by atoms with Crippen LogP contribution in [0.3, 0.4) is 0 Å². The fourth-order valence-electron chi connectivity index (χ4n) is 2.37. The minimum Gasteiger partial charge on any atom is -0.385 e. The van der Waals surface area contributed by atoms with Crippen LogP contribution in [0.5, 0.6) is 0 Å². The molecule has 0 aromatic heterocycles. The van der Waals surface area contributed by atoms with Gasteiger partial charge >= 0.3 is 6.03 Å². The molecule has 1 aromatic rings. The van der Waals surface area contributed by atoms with E-state index in [1.807, 2.05) is 0 Å². The highest BCUT2D eigenvalue weighted by Gasteiger charge is 2.23. The van der Waals surface area contributed by atoms with E-state index >= 15 is 0 Å². The number of urea groups is 1. The molecule has 1 aliphatic heterocycles. The number of anilines is 1. The molecule has 0 bridgehead atoms. The van der Waals surface area contributed by atoms with E-state index in [0.717, 1.165) is 25.8 Å². The number of carbonyl (C=O) groups is 1. The molecule has 4 heteroatoms. The Hall–Kier alpha value is -1.71. The van der Waals surface area contributed by atoms with E-state index in [9.17, 15) is 4.79 Å². The first-order chi connectivity index (χ1) is 8.83. The summed E-state index contributed by atoms with van der Waals surface area (Å²) in [6.45, 7) is 1.62. The van der Waals surface area contributed by atoms with Crippen LogP contribution in [-0.4, -0.2) is 18.6 Å². The van der Waals surface area contributed by atoms with Gasteiger partial charge in [0.05, 0.1) is 0 Å². The van der Waals surface area contributed by atoms with Crippen molar-refractivity contribution < 1.29 is 4.79 Å². The van der Waals surface area contributed by atoms with Gasteiger partial charge in [0.25, 0.3) is 0 Å². The lowest BCUT2D eigenvalue weighted by molar-refractivity contribution is 0.240. The van der Waals surface area contributed by atoms with E-state index in [2.05, 4.69) is 34.1 Å². The van der Waals surface area contributed by atoms with Gasteiger partial charge in [-0.25, -0.2) is 4.79 Å². The highest BCUT2D eigenvalue weighted by atomic mass is 16.2. The van der Waals surface area contributed by atoms with Crippen molar-refractivity contribution >= 4 is 11.7 Å². The summed E-state index contributed by atoms with van der Waals surface area (Å²) in [6.07, 6.45) is 4.56. The average molecular weight is 245 g/mol. The first kappa shape index (κ1) is 11.4. The molecule has 0 unspecified atom stereocenters. The maximum absolute atomic E-state index is 11.6. The fourth-order valence-corrected chi connectivity index (χ4v) is 2.37. The minimum atomic E-state index is -0.0501.